The molecule has 170 valence electrons. The molecule has 2 saturated heterocycles. The molecule has 0 aliphatic carbocycles. The number of amides is 2. The molecule has 5 rings (SSSR count). The van der Waals surface area contributed by atoms with E-state index in [0.29, 0.717) is 37.8 Å². The Bertz CT molecular complexity index is 1120. The van der Waals surface area contributed by atoms with Crippen LogP contribution in [0.2, 0.25) is 0 Å². The maximum Gasteiger partial charge on any atom is 0.228 e. The van der Waals surface area contributed by atoms with Crippen LogP contribution in [-0.4, -0.2) is 59.6 Å². The van der Waals surface area contributed by atoms with E-state index in [1.165, 1.54) is 0 Å². The molecule has 1 aromatic heterocycles. The molecular weight excluding hydrogens is 418 g/mol. The van der Waals surface area contributed by atoms with Gasteiger partial charge in [-0.2, -0.15) is 4.98 Å². The topological polar surface area (TPSA) is 82.8 Å². The zero-order valence-electron chi connectivity index (χ0n) is 18.7. The first kappa shape index (κ1) is 21.2. The van der Waals surface area contributed by atoms with Crippen LogP contribution in [0.15, 0.2) is 59.1 Å². The highest BCUT2D eigenvalue weighted by Gasteiger charge is 2.37. The van der Waals surface area contributed by atoms with Gasteiger partial charge in [0.25, 0.3) is 0 Å². The summed E-state index contributed by atoms with van der Waals surface area (Å²) < 4.78 is 5.20. The van der Waals surface area contributed by atoms with Crippen molar-refractivity contribution in [1.82, 2.24) is 15.0 Å². The first-order valence-electron chi connectivity index (χ1n) is 11.4. The second kappa shape index (κ2) is 9.05. The quantitative estimate of drug-likeness (QED) is 0.601. The smallest absolute Gasteiger partial charge is 0.228 e. The molecule has 3 aromatic rings. The number of aromatic nitrogens is 2. The van der Waals surface area contributed by atoms with E-state index < -0.39 is 0 Å². The van der Waals surface area contributed by atoms with E-state index in [-0.39, 0.29) is 24.2 Å². The normalized spacial score (nSPS) is 18.8. The number of rotatable bonds is 5. The van der Waals surface area contributed by atoms with Crippen molar-refractivity contribution >= 4 is 23.2 Å². The second-order valence-electron chi connectivity index (χ2n) is 8.47. The van der Waals surface area contributed by atoms with Gasteiger partial charge in [0.15, 0.2) is 0 Å². The minimum atomic E-state index is -0.272. The molecule has 2 fully saturated rings. The number of para-hydroxylation sites is 1. The highest BCUT2D eigenvalue weighted by molar-refractivity contribution is 6.00. The number of anilines is 2. The summed E-state index contributed by atoms with van der Waals surface area (Å²) in [5, 5.41) is 4.03. The summed E-state index contributed by atoms with van der Waals surface area (Å²) in [6, 6.07) is 17.7. The Morgan fingerprint density at radius 3 is 2.39 bits per heavy atom. The molecule has 33 heavy (non-hydrogen) atoms. The fourth-order valence-corrected chi connectivity index (χ4v) is 4.51. The summed E-state index contributed by atoms with van der Waals surface area (Å²) in [5.74, 6) is 1.06. The summed E-state index contributed by atoms with van der Waals surface area (Å²) in [7, 11) is 0. The highest BCUT2D eigenvalue weighted by Crippen LogP contribution is 2.27. The second-order valence-corrected chi connectivity index (χ2v) is 8.47. The molecule has 1 atom stereocenters. The van der Waals surface area contributed by atoms with Gasteiger partial charge in [-0.25, -0.2) is 0 Å². The van der Waals surface area contributed by atoms with Crippen molar-refractivity contribution in [1.29, 1.82) is 0 Å². The number of benzene rings is 2. The molecule has 2 amide bonds. The molecule has 8 nitrogen and oxygen atoms in total. The third-order valence-electron chi connectivity index (χ3n) is 6.39. The summed E-state index contributed by atoms with van der Waals surface area (Å²) in [4.78, 5) is 35.9. The van der Waals surface area contributed by atoms with Crippen LogP contribution in [0.3, 0.4) is 0 Å². The predicted molar refractivity (Wildman–Crippen MR) is 125 cm³/mol. The van der Waals surface area contributed by atoms with Crippen molar-refractivity contribution in [2.24, 2.45) is 5.92 Å². The number of carbonyl (C=O) groups excluding carboxylic acids is 2. The van der Waals surface area contributed by atoms with E-state index in [4.69, 9.17) is 4.52 Å². The van der Waals surface area contributed by atoms with Gasteiger partial charge in [0.1, 0.15) is 0 Å². The van der Waals surface area contributed by atoms with E-state index >= 15 is 0 Å². The number of carbonyl (C=O) groups is 2. The molecule has 2 aliphatic heterocycles. The Kier molecular flexibility index (Phi) is 5.81. The summed E-state index contributed by atoms with van der Waals surface area (Å²) in [5.41, 5.74) is 2.89. The standard InChI is InChI=1S/C25H27N5O3/c1-2-22-26-24(27-33-22)18-8-10-20(11-9-18)28-12-14-29(15-13-28)25(32)19-16-23(31)30(17-19)21-6-4-3-5-7-21/h3-11,19H,2,12-17H2,1H3. The SMILES string of the molecule is CCc1nc(-c2ccc(N3CCN(C(=O)C4CC(=O)N(c5ccccc5)C4)CC3)cc2)no1. The van der Waals surface area contributed by atoms with Crippen LogP contribution < -0.4 is 9.80 Å². The fourth-order valence-electron chi connectivity index (χ4n) is 4.51. The maximum absolute atomic E-state index is 13.1. The molecule has 0 radical (unpaired) electrons. The van der Waals surface area contributed by atoms with Gasteiger partial charge in [-0.1, -0.05) is 30.3 Å². The Balaban J connectivity index is 1.17. The molecule has 2 aliphatic rings. The van der Waals surface area contributed by atoms with E-state index in [9.17, 15) is 9.59 Å². The van der Waals surface area contributed by atoms with Crippen LogP contribution in [0.1, 0.15) is 19.2 Å². The van der Waals surface area contributed by atoms with Crippen molar-refractivity contribution in [3.63, 3.8) is 0 Å². The van der Waals surface area contributed by atoms with Gasteiger partial charge < -0.3 is 19.2 Å². The Morgan fingerprint density at radius 2 is 1.73 bits per heavy atom. The maximum atomic E-state index is 13.1. The van der Waals surface area contributed by atoms with Crippen LogP contribution in [0.5, 0.6) is 0 Å². The van der Waals surface area contributed by atoms with Crippen LogP contribution >= 0.6 is 0 Å². The lowest BCUT2D eigenvalue weighted by atomic mass is 10.1. The van der Waals surface area contributed by atoms with Gasteiger partial charge >= 0.3 is 0 Å². The number of hydrogen-bond donors (Lipinski definition) is 0. The van der Waals surface area contributed by atoms with Gasteiger partial charge in [0.2, 0.25) is 23.5 Å². The number of aryl methyl sites for hydroxylation is 1. The highest BCUT2D eigenvalue weighted by atomic mass is 16.5. The van der Waals surface area contributed by atoms with Gasteiger partial charge in [-0.15, -0.1) is 0 Å². The minimum absolute atomic E-state index is 0.0194. The van der Waals surface area contributed by atoms with Crippen LogP contribution in [-0.2, 0) is 16.0 Å². The first-order chi connectivity index (χ1) is 16.1. The van der Waals surface area contributed by atoms with Crippen LogP contribution in [0.4, 0.5) is 11.4 Å². The monoisotopic (exact) mass is 445 g/mol. The lowest BCUT2D eigenvalue weighted by molar-refractivity contribution is -0.136. The Hall–Kier alpha value is -3.68. The molecule has 1 unspecified atom stereocenters. The first-order valence-corrected chi connectivity index (χ1v) is 11.4. The lowest BCUT2D eigenvalue weighted by Crippen LogP contribution is -2.50. The number of nitrogens with zero attached hydrogens (tertiary/aromatic N) is 5. The summed E-state index contributed by atoms with van der Waals surface area (Å²) in [6.45, 7) is 5.27. The van der Waals surface area contributed by atoms with E-state index in [0.717, 1.165) is 30.0 Å². The van der Waals surface area contributed by atoms with Crippen molar-refractivity contribution in [3.8, 4) is 11.4 Å². The lowest BCUT2D eigenvalue weighted by Gasteiger charge is -2.37. The zero-order valence-corrected chi connectivity index (χ0v) is 18.7. The van der Waals surface area contributed by atoms with Crippen molar-refractivity contribution < 1.29 is 14.1 Å². The largest absolute Gasteiger partial charge is 0.368 e. The van der Waals surface area contributed by atoms with E-state index in [2.05, 4.69) is 27.2 Å². The van der Waals surface area contributed by atoms with Crippen molar-refractivity contribution in [3.05, 3.63) is 60.5 Å². The predicted octanol–water partition coefficient (Wildman–Crippen LogP) is 3.00. The fraction of sp³-hybridized carbons (Fsp3) is 0.360. The number of piperazine rings is 1. The molecule has 3 heterocycles. The average Bonchev–Trinajstić information content (AvgIpc) is 3.51. The summed E-state index contributed by atoms with van der Waals surface area (Å²) in [6.07, 6.45) is 0.999. The Labute approximate surface area is 192 Å². The molecule has 8 heteroatoms. The van der Waals surface area contributed by atoms with Crippen molar-refractivity contribution in [2.75, 3.05) is 42.5 Å². The molecular formula is C25H27N5O3. The van der Waals surface area contributed by atoms with Gasteiger partial charge in [-0.3, -0.25) is 9.59 Å². The molecule has 0 saturated carbocycles. The van der Waals surface area contributed by atoms with Gasteiger partial charge in [0, 0.05) is 62.5 Å². The van der Waals surface area contributed by atoms with Gasteiger partial charge in [-0.05, 0) is 36.4 Å². The molecule has 2 aromatic carbocycles. The van der Waals surface area contributed by atoms with Gasteiger partial charge in [0.05, 0.1) is 5.92 Å². The molecule has 0 N–H and O–H groups in total. The van der Waals surface area contributed by atoms with Crippen LogP contribution in [0, 0.1) is 5.92 Å². The van der Waals surface area contributed by atoms with Crippen molar-refractivity contribution in [2.45, 2.75) is 19.8 Å². The van der Waals surface area contributed by atoms with E-state index in [1.54, 1.807) is 4.90 Å². The molecule has 0 spiro atoms. The van der Waals surface area contributed by atoms with Crippen LogP contribution in [0.25, 0.3) is 11.4 Å². The molecule has 0 bridgehead atoms. The Morgan fingerprint density at radius 1 is 1.00 bits per heavy atom. The minimum Gasteiger partial charge on any atom is -0.368 e. The third kappa shape index (κ3) is 4.33. The number of hydrogen-bond acceptors (Lipinski definition) is 6. The average molecular weight is 446 g/mol. The summed E-state index contributed by atoms with van der Waals surface area (Å²) >= 11 is 0. The third-order valence-corrected chi connectivity index (χ3v) is 6.39. The van der Waals surface area contributed by atoms with E-state index in [1.807, 2.05) is 54.3 Å². The zero-order chi connectivity index (χ0) is 22.8.